The molecule has 1 aliphatic heterocycles. The Balaban J connectivity index is 1.83. The summed E-state index contributed by atoms with van der Waals surface area (Å²) in [5, 5.41) is 0. The molecular formula is C15H18F3NO4. The molecule has 1 aliphatic rings. The minimum atomic E-state index is -4.38. The molecule has 0 atom stereocenters. The van der Waals surface area contributed by atoms with E-state index in [1.807, 2.05) is 6.07 Å². The van der Waals surface area contributed by atoms with Gasteiger partial charge in [-0.25, -0.2) is 0 Å². The Labute approximate surface area is 131 Å². The quantitative estimate of drug-likeness (QED) is 0.720. The summed E-state index contributed by atoms with van der Waals surface area (Å²) in [5.74, 6) is 1.02. The molecule has 0 spiro atoms. The molecule has 0 unspecified atom stereocenters. The second-order valence-electron chi connectivity index (χ2n) is 5.01. The first-order valence-corrected chi connectivity index (χ1v) is 7.20. The van der Waals surface area contributed by atoms with Crippen LogP contribution in [0.25, 0.3) is 0 Å². The van der Waals surface area contributed by atoms with Gasteiger partial charge in [0.05, 0.1) is 13.0 Å². The van der Waals surface area contributed by atoms with E-state index in [9.17, 15) is 18.0 Å². The molecular weight excluding hydrogens is 315 g/mol. The van der Waals surface area contributed by atoms with Crippen LogP contribution in [0.2, 0.25) is 0 Å². The molecule has 0 saturated heterocycles. The van der Waals surface area contributed by atoms with Crippen LogP contribution in [-0.2, 0) is 16.1 Å². The van der Waals surface area contributed by atoms with Gasteiger partial charge in [-0.1, -0.05) is 6.07 Å². The van der Waals surface area contributed by atoms with Crippen LogP contribution in [0.4, 0.5) is 13.2 Å². The van der Waals surface area contributed by atoms with E-state index in [1.165, 1.54) is 0 Å². The Kier molecular flexibility index (Phi) is 5.70. The number of ether oxygens (including phenoxy) is 3. The van der Waals surface area contributed by atoms with Crippen LogP contribution in [-0.4, -0.2) is 43.5 Å². The van der Waals surface area contributed by atoms with Crippen LogP contribution in [0.3, 0.4) is 0 Å². The smallest absolute Gasteiger partial charge is 0.411 e. The van der Waals surface area contributed by atoms with Crippen LogP contribution < -0.4 is 9.47 Å². The summed E-state index contributed by atoms with van der Waals surface area (Å²) in [5.41, 5.74) is 0.862. The van der Waals surface area contributed by atoms with Crippen molar-refractivity contribution < 1.29 is 32.2 Å². The summed E-state index contributed by atoms with van der Waals surface area (Å²) in [6.07, 6.45) is -4.46. The molecule has 128 valence electrons. The predicted molar refractivity (Wildman–Crippen MR) is 75.1 cm³/mol. The predicted octanol–water partition coefficient (Wildman–Crippen LogP) is 2.73. The molecule has 0 bridgehead atoms. The number of halogens is 3. The molecule has 0 radical (unpaired) electrons. The van der Waals surface area contributed by atoms with Crippen LogP contribution in [0.5, 0.6) is 11.5 Å². The van der Waals surface area contributed by atoms with Crippen molar-refractivity contribution in [2.45, 2.75) is 26.1 Å². The van der Waals surface area contributed by atoms with Gasteiger partial charge in [-0.2, -0.15) is 13.2 Å². The van der Waals surface area contributed by atoms with Gasteiger partial charge in [-0.05, 0) is 24.6 Å². The lowest BCUT2D eigenvalue weighted by Crippen LogP contribution is -2.31. The second kappa shape index (κ2) is 7.54. The van der Waals surface area contributed by atoms with Gasteiger partial charge in [-0.15, -0.1) is 0 Å². The zero-order chi connectivity index (χ0) is 16.9. The van der Waals surface area contributed by atoms with Crippen LogP contribution >= 0.6 is 0 Å². The molecule has 2 rings (SSSR count). The summed E-state index contributed by atoms with van der Waals surface area (Å²) in [6, 6.07) is 5.38. The molecule has 0 aliphatic carbocycles. The fourth-order valence-electron chi connectivity index (χ4n) is 2.14. The van der Waals surface area contributed by atoms with Gasteiger partial charge < -0.3 is 19.1 Å². The van der Waals surface area contributed by atoms with Crippen molar-refractivity contribution in [3.05, 3.63) is 23.8 Å². The number of rotatable bonds is 7. The van der Waals surface area contributed by atoms with Crippen molar-refractivity contribution >= 4 is 5.91 Å². The maximum absolute atomic E-state index is 12.0. The first-order valence-electron chi connectivity index (χ1n) is 7.20. The van der Waals surface area contributed by atoms with Crippen LogP contribution in [0.1, 0.15) is 18.9 Å². The van der Waals surface area contributed by atoms with E-state index >= 15 is 0 Å². The van der Waals surface area contributed by atoms with Crippen molar-refractivity contribution in [1.29, 1.82) is 0 Å². The van der Waals surface area contributed by atoms with E-state index in [0.717, 1.165) is 5.56 Å². The summed E-state index contributed by atoms with van der Waals surface area (Å²) in [6.45, 7) is 1.19. The van der Waals surface area contributed by atoms with Gasteiger partial charge in [0, 0.05) is 13.1 Å². The summed E-state index contributed by atoms with van der Waals surface area (Å²) in [4.78, 5) is 13.6. The SMILES string of the molecule is CCN(Cc1ccc2c(c1)OCO2)C(=O)CCOCC(F)(F)F. The number of carbonyl (C=O) groups excluding carboxylic acids is 1. The van der Waals surface area contributed by atoms with E-state index in [1.54, 1.807) is 24.0 Å². The number of carbonyl (C=O) groups is 1. The van der Waals surface area contributed by atoms with Crippen molar-refractivity contribution in [2.24, 2.45) is 0 Å². The number of hydrogen-bond acceptors (Lipinski definition) is 4. The highest BCUT2D eigenvalue weighted by Gasteiger charge is 2.27. The first kappa shape index (κ1) is 17.4. The molecule has 0 aromatic heterocycles. The molecule has 0 N–H and O–H groups in total. The Morgan fingerprint density at radius 2 is 2.04 bits per heavy atom. The second-order valence-corrected chi connectivity index (χ2v) is 5.01. The Bertz CT molecular complexity index is 548. The maximum atomic E-state index is 12.0. The lowest BCUT2D eigenvalue weighted by Gasteiger charge is -2.21. The highest BCUT2D eigenvalue weighted by molar-refractivity contribution is 5.76. The van der Waals surface area contributed by atoms with Crippen molar-refractivity contribution in [3.63, 3.8) is 0 Å². The normalized spacial score (nSPS) is 13.2. The zero-order valence-corrected chi connectivity index (χ0v) is 12.7. The highest BCUT2D eigenvalue weighted by Crippen LogP contribution is 2.32. The van der Waals surface area contributed by atoms with Crippen LogP contribution in [0, 0.1) is 0 Å². The number of nitrogens with zero attached hydrogens (tertiary/aromatic N) is 1. The van der Waals surface area contributed by atoms with E-state index in [0.29, 0.717) is 24.6 Å². The third-order valence-corrected chi connectivity index (χ3v) is 3.27. The third kappa shape index (κ3) is 5.31. The number of amides is 1. The molecule has 0 fully saturated rings. The average Bonchev–Trinajstić information content (AvgIpc) is 2.95. The van der Waals surface area contributed by atoms with Crippen molar-refractivity contribution in [3.8, 4) is 11.5 Å². The molecule has 23 heavy (non-hydrogen) atoms. The van der Waals surface area contributed by atoms with Crippen molar-refractivity contribution in [2.75, 3.05) is 26.6 Å². The lowest BCUT2D eigenvalue weighted by molar-refractivity contribution is -0.175. The van der Waals surface area contributed by atoms with Gasteiger partial charge in [0.2, 0.25) is 12.7 Å². The molecule has 1 aromatic rings. The first-order chi connectivity index (χ1) is 10.9. The molecule has 1 heterocycles. The summed E-state index contributed by atoms with van der Waals surface area (Å²) < 4.78 is 50.8. The zero-order valence-electron chi connectivity index (χ0n) is 12.7. The van der Waals surface area contributed by atoms with E-state index in [2.05, 4.69) is 4.74 Å². The third-order valence-electron chi connectivity index (χ3n) is 3.27. The maximum Gasteiger partial charge on any atom is 0.411 e. The molecule has 8 heteroatoms. The number of fused-ring (bicyclic) bond motifs is 1. The molecule has 5 nitrogen and oxygen atoms in total. The van der Waals surface area contributed by atoms with Crippen LogP contribution in [0.15, 0.2) is 18.2 Å². The van der Waals surface area contributed by atoms with E-state index in [4.69, 9.17) is 9.47 Å². The fourth-order valence-corrected chi connectivity index (χ4v) is 2.14. The number of hydrogen-bond donors (Lipinski definition) is 0. The molecule has 1 aromatic carbocycles. The summed E-state index contributed by atoms with van der Waals surface area (Å²) >= 11 is 0. The Hall–Kier alpha value is -1.96. The van der Waals surface area contributed by atoms with Gasteiger partial charge in [-0.3, -0.25) is 4.79 Å². The Morgan fingerprint density at radius 3 is 2.74 bits per heavy atom. The molecule has 0 saturated carbocycles. The fraction of sp³-hybridized carbons (Fsp3) is 0.533. The van der Waals surface area contributed by atoms with Gasteiger partial charge >= 0.3 is 6.18 Å². The number of alkyl halides is 3. The van der Waals surface area contributed by atoms with Gasteiger partial charge in [0.25, 0.3) is 0 Å². The van der Waals surface area contributed by atoms with Crippen molar-refractivity contribution in [1.82, 2.24) is 4.90 Å². The average molecular weight is 333 g/mol. The standard InChI is InChI=1S/C15H18F3NO4/c1-2-19(14(20)5-6-21-9-15(16,17)18)8-11-3-4-12-13(7-11)23-10-22-12/h3-4,7H,2,5-6,8-10H2,1H3. The Morgan fingerprint density at radius 1 is 1.30 bits per heavy atom. The van der Waals surface area contributed by atoms with Gasteiger partial charge in [0.1, 0.15) is 6.61 Å². The van der Waals surface area contributed by atoms with Gasteiger partial charge in [0.15, 0.2) is 11.5 Å². The highest BCUT2D eigenvalue weighted by atomic mass is 19.4. The monoisotopic (exact) mass is 333 g/mol. The number of benzene rings is 1. The largest absolute Gasteiger partial charge is 0.454 e. The lowest BCUT2D eigenvalue weighted by atomic mass is 10.2. The topological polar surface area (TPSA) is 48.0 Å². The van der Waals surface area contributed by atoms with E-state index in [-0.39, 0.29) is 25.7 Å². The summed E-state index contributed by atoms with van der Waals surface area (Å²) in [7, 11) is 0. The van der Waals surface area contributed by atoms with E-state index < -0.39 is 12.8 Å². The minimum Gasteiger partial charge on any atom is -0.454 e. The minimum absolute atomic E-state index is 0.0888. The molecule has 1 amide bonds.